The molecule has 0 unspecified atom stereocenters. The number of carboxylic acids is 1. The molecular weight excluding hydrogens is 310 g/mol. The highest BCUT2D eigenvalue weighted by Gasteiger charge is 2.09. The minimum atomic E-state index is -0.991. The molecule has 7 heteroatoms. The fourth-order valence-corrected chi connectivity index (χ4v) is 1.86. The molecule has 122 valence electrons. The van der Waals surface area contributed by atoms with Crippen LogP contribution in [0.2, 0.25) is 0 Å². The van der Waals surface area contributed by atoms with Crippen LogP contribution in [-0.4, -0.2) is 17.0 Å². The Hall–Kier alpha value is -3.53. The third kappa shape index (κ3) is 4.74. The van der Waals surface area contributed by atoms with Gasteiger partial charge < -0.3 is 20.2 Å². The van der Waals surface area contributed by atoms with Gasteiger partial charge in [0.2, 0.25) is 0 Å². The lowest BCUT2D eigenvalue weighted by atomic mass is 10.1. The molecule has 3 N–H and O–H groups in total. The summed E-state index contributed by atoms with van der Waals surface area (Å²) in [5.74, 6) is -0.913. The van der Waals surface area contributed by atoms with Crippen molar-refractivity contribution in [3.05, 3.63) is 71.3 Å². The van der Waals surface area contributed by atoms with Crippen molar-refractivity contribution in [2.75, 3.05) is 0 Å². The van der Waals surface area contributed by atoms with E-state index in [2.05, 4.69) is 10.6 Å². The first-order chi connectivity index (χ1) is 11.6. The summed E-state index contributed by atoms with van der Waals surface area (Å²) in [5.41, 5.74) is 0.956. The van der Waals surface area contributed by atoms with Gasteiger partial charge in [-0.1, -0.05) is 12.1 Å². The average Bonchev–Trinajstić information content (AvgIpc) is 3.10. The van der Waals surface area contributed by atoms with Crippen molar-refractivity contribution in [2.45, 2.75) is 13.1 Å². The Kier molecular flexibility index (Phi) is 5.75. The monoisotopic (exact) mass is 325 g/mol. The van der Waals surface area contributed by atoms with E-state index in [0.717, 1.165) is 5.56 Å². The predicted molar refractivity (Wildman–Crippen MR) is 84.5 cm³/mol. The van der Waals surface area contributed by atoms with Crippen LogP contribution in [0.15, 0.2) is 58.9 Å². The summed E-state index contributed by atoms with van der Waals surface area (Å²) in [6, 6.07) is 11.5. The molecule has 0 fully saturated rings. The molecule has 7 nitrogen and oxygen atoms in total. The van der Waals surface area contributed by atoms with E-state index in [-0.39, 0.29) is 17.7 Å². The summed E-state index contributed by atoms with van der Waals surface area (Å²) in [4.78, 5) is 22.6. The largest absolute Gasteiger partial charge is 0.478 e. The zero-order valence-electron chi connectivity index (χ0n) is 12.7. The van der Waals surface area contributed by atoms with Gasteiger partial charge >= 0.3 is 5.97 Å². The molecular formula is C17H15N3O4. The summed E-state index contributed by atoms with van der Waals surface area (Å²) in [7, 11) is 0. The Morgan fingerprint density at radius 1 is 1.21 bits per heavy atom. The molecule has 24 heavy (non-hydrogen) atoms. The van der Waals surface area contributed by atoms with Gasteiger partial charge in [0, 0.05) is 12.7 Å². The van der Waals surface area contributed by atoms with Gasteiger partial charge in [0.05, 0.1) is 18.4 Å². The van der Waals surface area contributed by atoms with Crippen molar-refractivity contribution < 1.29 is 19.1 Å². The van der Waals surface area contributed by atoms with Crippen LogP contribution in [0, 0.1) is 11.3 Å². The van der Waals surface area contributed by atoms with Gasteiger partial charge in [-0.25, -0.2) is 4.79 Å². The van der Waals surface area contributed by atoms with Crippen molar-refractivity contribution in [3.8, 4) is 6.07 Å². The van der Waals surface area contributed by atoms with Crippen LogP contribution in [0.4, 0.5) is 0 Å². The van der Waals surface area contributed by atoms with Crippen molar-refractivity contribution >= 4 is 11.9 Å². The van der Waals surface area contributed by atoms with E-state index in [9.17, 15) is 9.59 Å². The second-order valence-corrected chi connectivity index (χ2v) is 4.81. The number of rotatable bonds is 7. The van der Waals surface area contributed by atoms with Gasteiger partial charge in [-0.3, -0.25) is 4.79 Å². The predicted octanol–water partition coefficient (Wildman–Crippen LogP) is 1.79. The van der Waals surface area contributed by atoms with Crippen LogP contribution < -0.4 is 10.6 Å². The summed E-state index contributed by atoms with van der Waals surface area (Å²) in [6.07, 6.45) is 2.82. The Bertz CT molecular complexity index is 771. The number of furan rings is 1. The molecule has 0 radical (unpaired) electrons. The van der Waals surface area contributed by atoms with Crippen LogP contribution in [0.1, 0.15) is 21.7 Å². The second-order valence-electron chi connectivity index (χ2n) is 4.81. The Morgan fingerprint density at radius 3 is 2.54 bits per heavy atom. The Balaban J connectivity index is 1.87. The molecule has 0 spiro atoms. The van der Waals surface area contributed by atoms with E-state index in [4.69, 9.17) is 14.8 Å². The average molecular weight is 325 g/mol. The lowest BCUT2D eigenvalue weighted by Crippen LogP contribution is -2.25. The number of nitriles is 1. The molecule has 0 aliphatic carbocycles. The van der Waals surface area contributed by atoms with E-state index in [1.807, 2.05) is 6.07 Å². The molecule has 2 aromatic rings. The number of aromatic carboxylic acids is 1. The molecule has 0 aliphatic rings. The van der Waals surface area contributed by atoms with Gasteiger partial charge in [-0.15, -0.1) is 0 Å². The van der Waals surface area contributed by atoms with E-state index in [1.165, 1.54) is 24.6 Å². The molecule has 1 heterocycles. The summed E-state index contributed by atoms with van der Waals surface area (Å²) >= 11 is 0. The number of benzene rings is 1. The maximum Gasteiger partial charge on any atom is 0.335 e. The molecule has 1 aromatic carbocycles. The molecule has 1 amide bonds. The standard InChI is InChI=1S/C17H15N3O4/c18-8-14(16(21)20-11-15-2-1-7-24-15)10-19-9-12-3-5-13(6-4-12)17(22)23/h1-7,10,19H,9,11H2,(H,20,21)(H,22,23)/b14-10-. The lowest BCUT2D eigenvalue weighted by molar-refractivity contribution is -0.117. The van der Waals surface area contributed by atoms with E-state index in [1.54, 1.807) is 24.3 Å². The Morgan fingerprint density at radius 2 is 1.96 bits per heavy atom. The van der Waals surface area contributed by atoms with E-state index >= 15 is 0 Å². The maximum atomic E-state index is 11.9. The molecule has 2 rings (SSSR count). The molecule has 1 aromatic heterocycles. The van der Waals surface area contributed by atoms with E-state index in [0.29, 0.717) is 12.3 Å². The first-order valence-electron chi connectivity index (χ1n) is 7.06. The highest BCUT2D eigenvalue weighted by molar-refractivity contribution is 5.97. The van der Waals surface area contributed by atoms with Crippen LogP contribution in [0.25, 0.3) is 0 Å². The topological polar surface area (TPSA) is 115 Å². The highest BCUT2D eigenvalue weighted by atomic mass is 16.4. The number of carboxylic acid groups (broad SMARTS) is 1. The van der Waals surface area contributed by atoms with Crippen LogP contribution in [0.5, 0.6) is 0 Å². The fourth-order valence-electron chi connectivity index (χ4n) is 1.86. The summed E-state index contributed by atoms with van der Waals surface area (Å²) < 4.78 is 5.09. The SMILES string of the molecule is N#C/C(=C/NCc1ccc(C(=O)O)cc1)C(=O)NCc1ccco1. The third-order valence-corrected chi connectivity index (χ3v) is 3.12. The number of hydrogen-bond donors (Lipinski definition) is 3. The van der Waals surface area contributed by atoms with Crippen LogP contribution in [0.3, 0.4) is 0 Å². The number of hydrogen-bond acceptors (Lipinski definition) is 5. The van der Waals surface area contributed by atoms with Crippen molar-refractivity contribution in [1.82, 2.24) is 10.6 Å². The summed E-state index contributed by atoms with van der Waals surface area (Å²) in [5, 5.41) is 23.3. The van der Waals surface area contributed by atoms with Crippen LogP contribution >= 0.6 is 0 Å². The number of carbonyl (C=O) groups excluding carboxylic acids is 1. The zero-order chi connectivity index (χ0) is 17.4. The summed E-state index contributed by atoms with van der Waals surface area (Å²) in [6.45, 7) is 0.554. The minimum Gasteiger partial charge on any atom is -0.478 e. The normalized spacial score (nSPS) is 10.7. The lowest BCUT2D eigenvalue weighted by Gasteiger charge is -2.04. The maximum absolute atomic E-state index is 11.9. The van der Waals surface area contributed by atoms with Crippen molar-refractivity contribution in [2.24, 2.45) is 0 Å². The zero-order valence-corrected chi connectivity index (χ0v) is 12.7. The second kappa shape index (κ2) is 8.19. The van der Waals surface area contributed by atoms with Gasteiger partial charge in [0.25, 0.3) is 5.91 Å². The van der Waals surface area contributed by atoms with Crippen molar-refractivity contribution in [3.63, 3.8) is 0 Å². The number of nitrogens with zero attached hydrogens (tertiary/aromatic N) is 1. The first kappa shape index (κ1) is 16.8. The smallest absolute Gasteiger partial charge is 0.335 e. The number of carbonyl (C=O) groups is 2. The minimum absolute atomic E-state index is 0.0660. The quantitative estimate of drug-likeness (QED) is 0.528. The molecule has 0 bridgehead atoms. The molecule has 0 saturated carbocycles. The molecule has 0 saturated heterocycles. The fraction of sp³-hybridized carbons (Fsp3) is 0.118. The van der Waals surface area contributed by atoms with Crippen molar-refractivity contribution in [1.29, 1.82) is 5.26 Å². The third-order valence-electron chi connectivity index (χ3n) is 3.12. The Labute approximate surface area is 138 Å². The van der Waals surface area contributed by atoms with Gasteiger partial charge in [0.15, 0.2) is 0 Å². The van der Waals surface area contributed by atoms with Crippen LogP contribution in [-0.2, 0) is 17.9 Å². The number of nitrogens with one attached hydrogen (secondary N) is 2. The van der Waals surface area contributed by atoms with E-state index < -0.39 is 11.9 Å². The molecule has 0 aliphatic heterocycles. The highest BCUT2D eigenvalue weighted by Crippen LogP contribution is 2.04. The van der Waals surface area contributed by atoms with Gasteiger partial charge in [-0.05, 0) is 29.8 Å². The molecule has 0 atom stereocenters. The van der Waals surface area contributed by atoms with Gasteiger partial charge in [0.1, 0.15) is 17.4 Å². The first-order valence-corrected chi connectivity index (χ1v) is 7.06. The number of amides is 1. The van der Waals surface area contributed by atoms with Gasteiger partial charge in [-0.2, -0.15) is 5.26 Å².